The van der Waals surface area contributed by atoms with E-state index in [1.807, 2.05) is 4.90 Å². The summed E-state index contributed by atoms with van der Waals surface area (Å²) < 4.78 is 15.0. The maximum Gasteiger partial charge on any atom is 0.303 e. The first kappa shape index (κ1) is 22.6. The molecule has 1 fully saturated rings. The van der Waals surface area contributed by atoms with Crippen molar-refractivity contribution in [1.29, 1.82) is 0 Å². The maximum absolute atomic E-state index is 15.0. The third kappa shape index (κ3) is 4.56. The molecule has 5 rings (SSSR count). The van der Waals surface area contributed by atoms with Gasteiger partial charge in [-0.1, -0.05) is 29.3 Å². The predicted octanol–water partition coefficient (Wildman–Crippen LogP) is 5.82. The van der Waals surface area contributed by atoms with Crippen LogP contribution in [-0.2, 0) is 4.79 Å². The molecule has 1 aliphatic rings. The molecular formula is C24H20Cl2FN5O2. The molecule has 2 aromatic carbocycles. The molecule has 34 heavy (non-hydrogen) atoms. The Hall–Kier alpha value is -3.23. The van der Waals surface area contributed by atoms with Gasteiger partial charge < -0.3 is 15.0 Å². The molecule has 4 aromatic rings. The molecule has 10 heteroatoms. The normalized spacial score (nSPS) is 14.6. The van der Waals surface area contributed by atoms with Gasteiger partial charge in [-0.3, -0.25) is 4.79 Å². The number of rotatable bonds is 5. The molecule has 2 N–H and O–H groups in total. The second-order valence-electron chi connectivity index (χ2n) is 8.36. The van der Waals surface area contributed by atoms with Crippen molar-refractivity contribution in [3.8, 4) is 22.5 Å². The molecule has 0 radical (unpaired) electrons. The van der Waals surface area contributed by atoms with Crippen molar-refractivity contribution in [3.63, 3.8) is 0 Å². The number of carbonyl (C=O) groups is 1. The maximum atomic E-state index is 15.0. The van der Waals surface area contributed by atoms with Crippen molar-refractivity contribution in [3.05, 3.63) is 58.6 Å². The van der Waals surface area contributed by atoms with Gasteiger partial charge in [0.25, 0.3) is 0 Å². The number of hydrogen-bond acceptors (Lipinski definition) is 5. The van der Waals surface area contributed by atoms with Gasteiger partial charge in [0.05, 0.1) is 26.6 Å². The molecular weight excluding hydrogens is 480 g/mol. The van der Waals surface area contributed by atoms with Crippen molar-refractivity contribution in [2.45, 2.75) is 19.3 Å². The van der Waals surface area contributed by atoms with Gasteiger partial charge in [0, 0.05) is 37.5 Å². The van der Waals surface area contributed by atoms with Crippen LogP contribution in [0, 0.1) is 11.7 Å². The number of H-pyrrole nitrogens is 1. The number of hydrogen-bond donors (Lipinski definition) is 2. The minimum absolute atomic E-state index is 0.190. The molecule has 1 saturated heterocycles. The quantitative estimate of drug-likeness (QED) is 0.359. The lowest BCUT2D eigenvalue weighted by Crippen LogP contribution is -2.35. The number of aliphatic carboxylic acids is 1. The highest BCUT2D eigenvalue weighted by Crippen LogP contribution is 2.31. The van der Waals surface area contributed by atoms with E-state index in [-0.39, 0.29) is 12.3 Å². The van der Waals surface area contributed by atoms with E-state index < -0.39 is 11.8 Å². The number of aromatic amines is 1. The zero-order valence-corrected chi connectivity index (χ0v) is 19.4. The monoisotopic (exact) mass is 499 g/mol. The summed E-state index contributed by atoms with van der Waals surface area (Å²) in [6.45, 7) is 1.43. The number of nitrogens with zero attached hydrogens (tertiary/aromatic N) is 4. The molecule has 0 bridgehead atoms. The SMILES string of the molecule is O=C(O)CC1CCN(c2ncc(-c3ccc(-c4nc5cc(Cl)c(Cl)cc5[nH]4)c(F)c3)cn2)CC1. The average Bonchev–Trinajstić information content (AvgIpc) is 3.22. The standard InChI is InChI=1S/C24H20Cl2FN5O2/c25-17-9-20-21(10-18(17)26)31-23(30-20)16-2-1-14(8-19(16)27)15-11-28-24(29-12-15)32-5-3-13(4-6-32)7-22(33)34/h1-2,8-13H,3-7H2,(H,30,31)(H,33,34). The Morgan fingerprint density at radius 2 is 1.79 bits per heavy atom. The number of benzene rings is 2. The van der Waals surface area contributed by atoms with Gasteiger partial charge in [-0.2, -0.15) is 0 Å². The molecule has 0 saturated carbocycles. The highest BCUT2D eigenvalue weighted by molar-refractivity contribution is 6.42. The van der Waals surface area contributed by atoms with E-state index in [0.717, 1.165) is 12.8 Å². The van der Waals surface area contributed by atoms with E-state index >= 15 is 4.39 Å². The van der Waals surface area contributed by atoms with Crippen molar-refractivity contribution in [2.75, 3.05) is 18.0 Å². The largest absolute Gasteiger partial charge is 0.481 e. The Bertz CT molecular complexity index is 1330. The smallest absolute Gasteiger partial charge is 0.303 e. The Morgan fingerprint density at radius 1 is 1.09 bits per heavy atom. The molecule has 1 aliphatic heterocycles. The summed E-state index contributed by atoms with van der Waals surface area (Å²) in [5, 5.41) is 9.74. The first-order valence-corrected chi connectivity index (χ1v) is 11.6. The lowest BCUT2D eigenvalue weighted by Gasteiger charge is -2.31. The van der Waals surface area contributed by atoms with Crippen LogP contribution in [0.1, 0.15) is 19.3 Å². The minimum Gasteiger partial charge on any atom is -0.481 e. The van der Waals surface area contributed by atoms with Crippen LogP contribution in [0.3, 0.4) is 0 Å². The van der Waals surface area contributed by atoms with Crippen molar-refractivity contribution < 1.29 is 14.3 Å². The minimum atomic E-state index is -0.758. The number of halogens is 3. The van der Waals surface area contributed by atoms with Gasteiger partial charge in [-0.05, 0) is 48.6 Å². The molecule has 2 aromatic heterocycles. The van der Waals surface area contributed by atoms with E-state index in [9.17, 15) is 4.79 Å². The summed E-state index contributed by atoms with van der Waals surface area (Å²) >= 11 is 12.1. The van der Waals surface area contributed by atoms with E-state index in [1.54, 1.807) is 36.7 Å². The van der Waals surface area contributed by atoms with Crippen LogP contribution in [0.15, 0.2) is 42.7 Å². The Balaban J connectivity index is 1.32. The number of carboxylic acids is 1. The molecule has 174 valence electrons. The van der Waals surface area contributed by atoms with Crippen LogP contribution < -0.4 is 4.90 Å². The predicted molar refractivity (Wildman–Crippen MR) is 130 cm³/mol. The topological polar surface area (TPSA) is 95.0 Å². The van der Waals surface area contributed by atoms with Gasteiger partial charge in [0.1, 0.15) is 11.6 Å². The number of imidazole rings is 1. The highest BCUT2D eigenvalue weighted by atomic mass is 35.5. The fraction of sp³-hybridized carbons (Fsp3) is 0.250. The Kier molecular flexibility index (Phi) is 6.10. The van der Waals surface area contributed by atoms with Gasteiger partial charge >= 0.3 is 5.97 Å². The lowest BCUT2D eigenvalue weighted by atomic mass is 9.94. The Morgan fingerprint density at radius 3 is 2.47 bits per heavy atom. The number of piperidine rings is 1. The second kappa shape index (κ2) is 9.19. The first-order valence-electron chi connectivity index (χ1n) is 10.8. The number of aromatic nitrogens is 4. The molecule has 3 heterocycles. The van der Waals surface area contributed by atoms with Crippen LogP contribution in [0.25, 0.3) is 33.5 Å². The molecule has 0 unspecified atom stereocenters. The van der Waals surface area contributed by atoms with Crippen molar-refractivity contribution >= 4 is 46.2 Å². The van der Waals surface area contributed by atoms with Crippen molar-refractivity contribution in [2.24, 2.45) is 5.92 Å². The summed E-state index contributed by atoms with van der Waals surface area (Å²) in [6, 6.07) is 8.18. The third-order valence-corrected chi connectivity index (χ3v) is 6.80. The molecule has 0 aliphatic carbocycles. The number of nitrogens with one attached hydrogen (secondary N) is 1. The number of fused-ring (bicyclic) bond motifs is 1. The molecule has 0 atom stereocenters. The highest BCUT2D eigenvalue weighted by Gasteiger charge is 2.23. The van der Waals surface area contributed by atoms with Crippen LogP contribution in [0.2, 0.25) is 10.0 Å². The summed E-state index contributed by atoms with van der Waals surface area (Å²) in [4.78, 5) is 29.4. The van der Waals surface area contributed by atoms with Crippen LogP contribution >= 0.6 is 23.2 Å². The van der Waals surface area contributed by atoms with Gasteiger partial charge in [0.2, 0.25) is 5.95 Å². The molecule has 7 nitrogen and oxygen atoms in total. The summed E-state index contributed by atoms with van der Waals surface area (Å²) in [5.41, 5.74) is 2.94. The van der Waals surface area contributed by atoms with Crippen LogP contribution in [-0.4, -0.2) is 44.1 Å². The molecule has 0 amide bonds. The van der Waals surface area contributed by atoms with E-state index in [0.29, 0.717) is 62.6 Å². The zero-order chi connectivity index (χ0) is 23.8. The second-order valence-corrected chi connectivity index (χ2v) is 9.18. The average molecular weight is 500 g/mol. The summed E-state index contributed by atoms with van der Waals surface area (Å²) in [6.07, 6.45) is 5.13. The number of anilines is 1. The van der Waals surface area contributed by atoms with E-state index in [1.165, 1.54) is 6.07 Å². The van der Waals surface area contributed by atoms with E-state index in [4.69, 9.17) is 28.3 Å². The first-order chi connectivity index (χ1) is 16.4. The fourth-order valence-electron chi connectivity index (χ4n) is 4.24. The molecule has 0 spiro atoms. The summed E-state index contributed by atoms with van der Waals surface area (Å²) in [7, 11) is 0. The van der Waals surface area contributed by atoms with Gasteiger partial charge in [-0.15, -0.1) is 0 Å². The van der Waals surface area contributed by atoms with Crippen LogP contribution in [0.4, 0.5) is 10.3 Å². The third-order valence-electron chi connectivity index (χ3n) is 6.08. The summed E-state index contributed by atoms with van der Waals surface area (Å²) in [5.74, 6) is -0.0236. The zero-order valence-electron chi connectivity index (χ0n) is 17.9. The fourth-order valence-corrected chi connectivity index (χ4v) is 4.56. The lowest BCUT2D eigenvalue weighted by molar-refractivity contribution is -0.138. The van der Waals surface area contributed by atoms with Gasteiger partial charge in [0.15, 0.2) is 0 Å². The number of carboxylic acid groups (broad SMARTS) is 1. The van der Waals surface area contributed by atoms with Crippen molar-refractivity contribution in [1.82, 2.24) is 19.9 Å². The van der Waals surface area contributed by atoms with E-state index in [2.05, 4.69) is 19.9 Å². The van der Waals surface area contributed by atoms with Gasteiger partial charge in [-0.25, -0.2) is 19.3 Å². The Labute approximate surface area is 204 Å². The van der Waals surface area contributed by atoms with Crippen LogP contribution in [0.5, 0.6) is 0 Å².